The van der Waals surface area contributed by atoms with Crippen LogP contribution in [-0.2, 0) is 0 Å². The van der Waals surface area contributed by atoms with Crippen LogP contribution in [0.2, 0.25) is 0 Å². The molecular weight excluding hydrogens is 294 g/mol. The first-order valence-corrected chi connectivity index (χ1v) is 5.01. The quantitative estimate of drug-likeness (QED) is 0.539. The van der Waals surface area contributed by atoms with E-state index in [0.717, 1.165) is 6.07 Å². The van der Waals surface area contributed by atoms with E-state index in [1.54, 1.807) is 6.92 Å². The van der Waals surface area contributed by atoms with Crippen molar-refractivity contribution in [2.24, 2.45) is 0 Å². The van der Waals surface area contributed by atoms with E-state index in [-0.39, 0.29) is 9.30 Å². The summed E-state index contributed by atoms with van der Waals surface area (Å²) in [5.74, 6) is -1.11. The zero-order chi connectivity index (χ0) is 9.30. The third kappa shape index (κ3) is 2.04. The maximum Gasteiger partial charge on any atom is 0.140 e. The molecule has 0 spiro atoms. The molecule has 0 saturated carbocycles. The van der Waals surface area contributed by atoms with E-state index in [2.05, 4.69) is 31.9 Å². The van der Waals surface area contributed by atoms with Gasteiger partial charge in [0.25, 0.3) is 0 Å². The second-order valence-electron chi connectivity index (χ2n) is 2.40. The van der Waals surface area contributed by atoms with Crippen LogP contribution in [0.1, 0.15) is 17.3 Å². The summed E-state index contributed by atoms with van der Waals surface area (Å²) in [4.78, 5) is -0.116. The molecule has 66 valence electrons. The van der Waals surface area contributed by atoms with Gasteiger partial charge in [0.05, 0.1) is 4.47 Å². The van der Waals surface area contributed by atoms with Gasteiger partial charge in [0.2, 0.25) is 0 Å². The summed E-state index contributed by atoms with van der Waals surface area (Å²) < 4.78 is 26.0. The molecule has 0 aliphatic rings. The van der Waals surface area contributed by atoms with Crippen molar-refractivity contribution >= 4 is 31.9 Å². The molecule has 0 heterocycles. The SMILES string of the molecule is CC(Br)c1cc(Br)c(F)cc1F. The second-order valence-corrected chi connectivity index (χ2v) is 4.63. The molecular formula is C8H6Br2F2. The van der Waals surface area contributed by atoms with Gasteiger partial charge < -0.3 is 0 Å². The molecule has 0 aromatic heterocycles. The van der Waals surface area contributed by atoms with Crippen molar-refractivity contribution in [3.8, 4) is 0 Å². The number of alkyl halides is 1. The highest BCUT2D eigenvalue weighted by Gasteiger charge is 2.11. The lowest BCUT2D eigenvalue weighted by atomic mass is 10.1. The molecule has 4 heteroatoms. The maximum absolute atomic E-state index is 13.0. The van der Waals surface area contributed by atoms with Crippen LogP contribution in [0.25, 0.3) is 0 Å². The molecule has 0 fully saturated rings. The predicted octanol–water partition coefficient (Wildman–Crippen LogP) is 4.18. The van der Waals surface area contributed by atoms with Crippen LogP contribution in [0.5, 0.6) is 0 Å². The zero-order valence-corrected chi connectivity index (χ0v) is 9.42. The standard InChI is InChI=1S/C8H6Br2F2/c1-4(9)5-2-6(10)8(12)3-7(5)11/h2-4H,1H3. The van der Waals surface area contributed by atoms with E-state index >= 15 is 0 Å². The first-order valence-electron chi connectivity index (χ1n) is 3.31. The Balaban J connectivity index is 3.23. The molecule has 1 aromatic carbocycles. The van der Waals surface area contributed by atoms with Gasteiger partial charge in [-0.25, -0.2) is 8.78 Å². The Morgan fingerprint density at radius 2 is 1.83 bits per heavy atom. The Labute approximate surface area is 86.2 Å². The minimum absolute atomic E-state index is 0.116. The lowest BCUT2D eigenvalue weighted by Crippen LogP contribution is -1.92. The van der Waals surface area contributed by atoms with Gasteiger partial charge in [0, 0.05) is 16.5 Å². The minimum Gasteiger partial charge on any atom is -0.207 e. The maximum atomic E-state index is 13.0. The van der Waals surface area contributed by atoms with E-state index in [0.29, 0.717) is 5.56 Å². The van der Waals surface area contributed by atoms with E-state index < -0.39 is 11.6 Å². The van der Waals surface area contributed by atoms with Crippen molar-refractivity contribution in [1.82, 2.24) is 0 Å². The monoisotopic (exact) mass is 298 g/mol. The molecule has 0 bridgehead atoms. The van der Waals surface area contributed by atoms with Gasteiger partial charge in [0.1, 0.15) is 11.6 Å². The molecule has 1 unspecified atom stereocenters. The lowest BCUT2D eigenvalue weighted by molar-refractivity contribution is 0.569. The zero-order valence-electron chi connectivity index (χ0n) is 6.24. The molecule has 0 saturated heterocycles. The van der Waals surface area contributed by atoms with Gasteiger partial charge in [-0.3, -0.25) is 0 Å². The Morgan fingerprint density at radius 3 is 2.33 bits per heavy atom. The largest absolute Gasteiger partial charge is 0.207 e. The van der Waals surface area contributed by atoms with Crippen LogP contribution in [0.3, 0.4) is 0 Å². The molecule has 12 heavy (non-hydrogen) atoms. The fourth-order valence-corrected chi connectivity index (χ4v) is 1.55. The van der Waals surface area contributed by atoms with Crippen LogP contribution in [0.4, 0.5) is 8.78 Å². The number of hydrogen-bond acceptors (Lipinski definition) is 0. The molecule has 0 aliphatic carbocycles. The van der Waals surface area contributed by atoms with E-state index in [9.17, 15) is 8.78 Å². The normalized spacial score (nSPS) is 13.1. The van der Waals surface area contributed by atoms with E-state index in [1.807, 2.05) is 0 Å². The van der Waals surface area contributed by atoms with Gasteiger partial charge in [-0.05, 0) is 28.9 Å². The third-order valence-electron chi connectivity index (χ3n) is 1.47. The highest BCUT2D eigenvalue weighted by Crippen LogP contribution is 2.28. The summed E-state index contributed by atoms with van der Waals surface area (Å²) in [6, 6.07) is 2.31. The first kappa shape index (κ1) is 10.1. The van der Waals surface area contributed by atoms with E-state index in [1.165, 1.54) is 6.07 Å². The first-order chi connectivity index (χ1) is 5.52. The second kappa shape index (κ2) is 3.83. The van der Waals surface area contributed by atoms with Crippen LogP contribution < -0.4 is 0 Å². The fraction of sp³-hybridized carbons (Fsp3) is 0.250. The van der Waals surface area contributed by atoms with Gasteiger partial charge in [0.15, 0.2) is 0 Å². The molecule has 1 atom stereocenters. The Hall–Kier alpha value is 0.0400. The molecule has 0 amide bonds. The van der Waals surface area contributed by atoms with Crippen molar-refractivity contribution in [1.29, 1.82) is 0 Å². The molecule has 1 aromatic rings. The Bertz CT molecular complexity index is 297. The van der Waals surface area contributed by atoms with Crippen molar-refractivity contribution in [2.45, 2.75) is 11.8 Å². The average molecular weight is 300 g/mol. The molecule has 0 radical (unpaired) electrons. The number of rotatable bonds is 1. The summed E-state index contributed by atoms with van der Waals surface area (Å²) >= 11 is 6.19. The van der Waals surface area contributed by atoms with Gasteiger partial charge in [-0.2, -0.15) is 0 Å². The number of benzene rings is 1. The van der Waals surface area contributed by atoms with Gasteiger partial charge >= 0.3 is 0 Å². The predicted molar refractivity (Wildman–Crippen MR) is 51.4 cm³/mol. The number of halogens is 4. The summed E-state index contributed by atoms with van der Waals surface area (Å²) in [5, 5.41) is 0. The van der Waals surface area contributed by atoms with Crippen LogP contribution in [0, 0.1) is 11.6 Å². The van der Waals surface area contributed by atoms with Crippen molar-refractivity contribution in [3.05, 3.63) is 33.8 Å². The van der Waals surface area contributed by atoms with Crippen LogP contribution in [0.15, 0.2) is 16.6 Å². The topological polar surface area (TPSA) is 0 Å². The van der Waals surface area contributed by atoms with E-state index in [4.69, 9.17) is 0 Å². The molecule has 0 aliphatic heterocycles. The third-order valence-corrected chi connectivity index (χ3v) is 2.57. The van der Waals surface area contributed by atoms with Crippen molar-refractivity contribution in [2.75, 3.05) is 0 Å². The van der Waals surface area contributed by atoms with Gasteiger partial charge in [-0.15, -0.1) is 0 Å². The number of hydrogen-bond donors (Lipinski definition) is 0. The van der Waals surface area contributed by atoms with Crippen molar-refractivity contribution in [3.63, 3.8) is 0 Å². The summed E-state index contributed by atoms with van der Waals surface area (Å²) in [6.07, 6.45) is 0. The molecule has 0 N–H and O–H groups in total. The van der Waals surface area contributed by atoms with Crippen molar-refractivity contribution < 1.29 is 8.78 Å². The highest BCUT2D eigenvalue weighted by atomic mass is 79.9. The smallest absolute Gasteiger partial charge is 0.140 e. The van der Waals surface area contributed by atoms with Gasteiger partial charge in [-0.1, -0.05) is 15.9 Å². The fourth-order valence-electron chi connectivity index (χ4n) is 0.843. The average Bonchev–Trinajstić information content (AvgIpc) is 1.96. The Morgan fingerprint density at radius 1 is 1.25 bits per heavy atom. The minimum atomic E-state index is -0.579. The summed E-state index contributed by atoms with van der Waals surface area (Å²) in [7, 11) is 0. The Kier molecular flexibility index (Phi) is 3.23. The molecule has 0 nitrogen and oxygen atoms in total. The molecule has 1 rings (SSSR count). The lowest BCUT2D eigenvalue weighted by Gasteiger charge is -2.06. The van der Waals surface area contributed by atoms with Crippen LogP contribution in [-0.4, -0.2) is 0 Å². The highest BCUT2D eigenvalue weighted by molar-refractivity contribution is 9.10. The summed E-state index contributed by atoms with van der Waals surface area (Å²) in [6.45, 7) is 1.78. The van der Waals surface area contributed by atoms with Crippen LogP contribution >= 0.6 is 31.9 Å². The summed E-state index contributed by atoms with van der Waals surface area (Å²) in [5.41, 5.74) is 0.447.